The van der Waals surface area contributed by atoms with Gasteiger partial charge in [-0.05, 0) is 17.9 Å². The minimum atomic E-state index is -0.358. The lowest BCUT2D eigenvalue weighted by Gasteiger charge is -2.25. The molecule has 23 heavy (non-hydrogen) atoms. The first-order valence-electron chi connectivity index (χ1n) is 7.76. The van der Waals surface area contributed by atoms with Crippen molar-refractivity contribution in [2.75, 3.05) is 0 Å². The zero-order valence-electron chi connectivity index (χ0n) is 14.1. The SMILES string of the molecule is CC(C)CC(C)(C)C(=O)NCc1ccc(-c2nncnn2)cc1. The van der Waals surface area contributed by atoms with E-state index in [2.05, 4.69) is 39.6 Å². The summed E-state index contributed by atoms with van der Waals surface area (Å²) in [6.07, 6.45) is 2.16. The predicted molar refractivity (Wildman–Crippen MR) is 88.1 cm³/mol. The Bertz CT molecular complexity index is 638. The second-order valence-corrected chi connectivity index (χ2v) is 6.73. The fourth-order valence-electron chi connectivity index (χ4n) is 2.63. The van der Waals surface area contributed by atoms with Crippen LogP contribution < -0.4 is 5.32 Å². The van der Waals surface area contributed by atoms with Crippen LogP contribution in [0.3, 0.4) is 0 Å². The van der Waals surface area contributed by atoms with Gasteiger partial charge in [-0.2, -0.15) is 0 Å². The minimum Gasteiger partial charge on any atom is -0.352 e. The summed E-state index contributed by atoms with van der Waals surface area (Å²) in [7, 11) is 0. The van der Waals surface area contributed by atoms with Crippen molar-refractivity contribution in [2.45, 2.75) is 40.7 Å². The van der Waals surface area contributed by atoms with Gasteiger partial charge >= 0.3 is 0 Å². The van der Waals surface area contributed by atoms with Gasteiger partial charge in [-0.15, -0.1) is 20.4 Å². The number of carbonyl (C=O) groups excluding carboxylic acids is 1. The van der Waals surface area contributed by atoms with Crippen molar-refractivity contribution in [1.82, 2.24) is 25.7 Å². The van der Waals surface area contributed by atoms with Crippen molar-refractivity contribution in [3.05, 3.63) is 36.2 Å². The number of carbonyl (C=O) groups is 1. The van der Waals surface area contributed by atoms with Crippen LogP contribution in [0, 0.1) is 11.3 Å². The Balaban J connectivity index is 1.95. The summed E-state index contributed by atoms with van der Waals surface area (Å²) < 4.78 is 0. The van der Waals surface area contributed by atoms with Crippen molar-refractivity contribution >= 4 is 5.91 Å². The van der Waals surface area contributed by atoms with E-state index < -0.39 is 0 Å². The predicted octanol–water partition coefficient (Wildman–Crippen LogP) is 2.62. The second-order valence-electron chi connectivity index (χ2n) is 6.73. The van der Waals surface area contributed by atoms with E-state index in [9.17, 15) is 4.79 Å². The number of nitrogens with one attached hydrogen (secondary N) is 1. The number of benzene rings is 1. The average molecular weight is 313 g/mol. The number of amides is 1. The van der Waals surface area contributed by atoms with Crippen LogP contribution in [0.15, 0.2) is 30.6 Å². The van der Waals surface area contributed by atoms with Crippen LogP contribution in [0.2, 0.25) is 0 Å². The van der Waals surface area contributed by atoms with Crippen LogP contribution in [-0.2, 0) is 11.3 Å². The summed E-state index contributed by atoms with van der Waals surface area (Å²) in [5, 5.41) is 18.3. The number of rotatable bonds is 6. The number of nitrogens with zero attached hydrogens (tertiary/aromatic N) is 4. The first-order chi connectivity index (χ1) is 10.9. The lowest BCUT2D eigenvalue weighted by atomic mass is 9.83. The van der Waals surface area contributed by atoms with Crippen LogP contribution in [0.1, 0.15) is 39.7 Å². The highest BCUT2D eigenvalue weighted by Gasteiger charge is 2.28. The zero-order valence-corrected chi connectivity index (χ0v) is 14.1. The van der Waals surface area contributed by atoms with E-state index in [4.69, 9.17) is 0 Å². The molecular weight excluding hydrogens is 290 g/mol. The Labute approximate surface area is 136 Å². The molecule has 1 aromatic carbocycles. The highest BCUT2D eigenvalue weighted by Crippen LogP contribution is 2.25. The molecule has 0 unspecified atom stereocenters. The molecule has 2 aromatic rings. The van der Waals surface area contributed by atoms with E-state index in [0.29, 0.717) is 18.3 Å². The van der Waals surface area contributed by atoms with Crippen molar-refractivity contribution in [3.8, 4) is 11.4 Å². The van der Waals surface area contributed by atoms with Crippen molar-refractivity contribution in [3.63, 3.8) is 0 Å². The molecule has 0 aliphatic rings. The van der Waals surface area contributed by atoms with E-state index >= 15 is 0 Å². The largest absolute Gasteiger partial charge is 0.352 e. The monoisotopic (exact) mass is 313 g/mol. The maximum Gasteiger partial charge on any atom is 0.225 e. The van der Waals surface area contributed by atoms with Crippen LogP contribution >= 0.6 is 0 Å². The molecule has 0 aliphatic carbocycles. The molecule has 0 atom stereocenters. The van der Waals surface area contributed by atoms with Gasteiger partial charge in [-0.1, -0.05) is 52.0 Å². The van der Waals surface area contributed by atoms with Gasteiger partial charge in [0.2, 0.25) is 11.7 Å². The second kappa shape index (κ2) is 7.26. The molecule has 0 bridgehead atoms. The van der Waals surface area contributed by atoms with Gasteiger partial charge < -0.3 is 5.32 Å². The summed E-state index contributed by atoms with van der Waals surface area (Å²) in [5.74, 6) is 1.05. The lowest BCUT2D eigenvalue weighted by molar-refractivity contribution is -0.130. The van der Waals surface area contributed by atoms with Crippen LogP contribution in [-0.4, -0.2) is 26.3 Å². The fourth-order valence-corrected chi connectivity index (χ4v) is 2.63. The quantitative estimate of drug-likeness (QED) is 0.886. The Morgan fingerprint density at radius 2 is 1.74 bits per heavy atom. The smallest absolute Gasteiger partial charge is 0.225 e. The van der Waals surface area contributed by atoms with E-state index in [-0.39, 0.29) is 11.3 Å². The van der Waals surface area contributed by atoms with Crippen LogP contribution in [0.25, 0.3) is 11.4 Å². The molecule has 122 valence electrons. The highest BCUT2D eigenvalue weighted by atomic mass is 16.2. The van der Waals surface area contributed by atoms with Crippen molar-refractivity contribution in [1.29, 1.82) is 0 Å². The third-order valence-electron chi connectivity index (χ3n) is 3.61. The van der Waals surface area contributed by atoms with Crippen molar-refractivity contribution < 1.29 is 4.79 Å². The Kier molecular flexibility index (Phi) is 5.36. The third-order valence-corrected chi connectivity index (χ3v) is 3.61. The average Bonchev–Trinajstić information content (AvgIpc) is 2.52. The van der Waals surface area contributed by atoms with Gasteiger partial charge in [-0.25, -0.2) is 0 Å². The summed E-state index contributed by atoms with van der Waals surface area (Å²) in [4.78, 5) is 12.3. The van der Waals surface area contributed by atoms with E-state index in [0.717, 1.165) is 17.5 Å². The molecule has 0 saturated carbocycles. The van der Waals surface area contributed by atoms with Gasteiger partial charge in [-0.3, -0.25) is 4.79 Å². The van der Waals surface area contributed by atoms with Gasteiger partial charge in [0.05, 0.1) is 0 Å². The normalized spacial score (nSPS) is 11.5. The molecule has 0 spiro atoms. The first kappa shape index (κ1) is 17.0. The van der Waals surface area contributed by atoms with Gasteiger partial charge in [0.15, 0.2) is 6.33 Å². The summed E-state index contributed by atoms with van der Waals surface area (Å²) in [5.41, 5.74) is 1.52. The molecular formula is C17H23N5O. The number of hydrogen-bond acceptors (Lipinski definition) is 5. The fraction of sp³-hybridized carbons (Fsp3) is 0.471. The lowest BCUT2D eigenvalue weighted by Crippen LogP contribution is -2.37. The summed E-state index contributed by atoms with van der Waals surface area (Å²) in [6, 6.07) is 7.70. The molecule has 0 aliphatic heterocycles. The molecule has 0 radical (unpaired) electrons. The molecule has 1 aromatic heterocycles. The number of aromatic nitrogens is 4. The Hall–Kier alpha value is -2.37. The summed E-state index contributed by atoms with van der Waals surface area (Å²) in [6.45, 7) is 8.73. The topological polar surface area (TPSA) is 80.7 Å². The molecule has 0 fully saturated rings. The van der Waals surface area contributed by atoms with E-state index in [1.54, 1.807) is 0 Å². The minimum absolute atomic E-state index is 0.0788. The van der Waals surface area contributed by atoms with Gasteiger partial charge in [0.25, 0.3) is 0 Å². The molecule has 1 N–H and O–H groups in total. The maximum absolute atomic E-state index is 12.3. The molecule has 1 heterocycles. The molecule has 6 nitrogen and oxygen atoms in total. The van der Waals surface area contributed by atoms with Gasteiger partial charge in [0.1, 0.15) is 0 Å². The van der Waals surface area contributed by atoms with E-state index in [1.807, 2.05) is 38.1 Å². The maximum atomic E-state index is 12.3. The van der Waals surface area contributed by atoms with Gasteiger partial charge in [0, 0.05) is 17.5 Å². The standard InChI is InChI=1S/C17H23N5O/c1-12(2)9-17(3,4)16(23)18-10-13-5-7-14(8-6-13)15-21-19-11-20-22-15/h5-8,11-12H,9-10H2,1-4H3,(H,18,23). The highest BCUT2D eigenvalue weighted by molar-refractivity contribution is 5.81. The zero-order chi connectivity index (χ0) is 16.9. The van der Waals surface area contributed by atoms with Crippen LogP contribution in [0.4, 0.5) is 0 Å². The summed E-state index contributed by atoms with van der Waals surface area (Å²) >= 11 is 0. The molecule has 0 saturated heterocycles. The first-order valence-corrected chi connectivity index (χ1v) is 7.76. The van der Waals surface area contributed by atoms with Crippen molar-refractivity contribution in [2.24, 2.45) is 11.3 Å². The third kappa shape index (κ3) is 4.81. The van der Waals surface area contributed by atoms with E-state index in [1.165, 1.54) is 6.33 Å². The molecule has 6 heteroatoms. The Morgan fingerprint density at radius 1 is 1.13 bits per heavy atom. The molecule has 1 amide bonds. The number of hydrogen-bond donors (Lipinski definition) is 1. The Morgan fingerprint density at radius 3 is 2.30 bits per heavy atom. The van der Waals surface area contributed by atoms with Crippen LogP contribution in [0.5, 0.6) is 0 Å². The molecule has 2 rings (SSSR count).